The second-order valence-electron chi connectivity index (χ2n) is 7.57. The molecule has 128 valence electrons. The lowest BCUT2D eigenvalue weighted by Crippen LogP contribution is -2.41. The van der Waals surface area contributed by atoms with E-state index >= 15 is 0 Å². The van der Waals surface area contributed by atoms with E-state index in [-0.39, 0.29) is 23.1 Å². The van der Waals surface area contributed by atoms with Gasteiger partial charge in [0.15, 0.2) is 0 Å². The predicted molar refractivity (Wildman–Crippen MR) is 87.9 cm³/mol. The zero-order chi connectivity index (χ0) is 16.6. The monoisotopic (exact) mass is 328 g/mol. The molecule has 6 nitrogen and oxygen atoms in total. The Balaban J connectivity index is 1.26. The van der Waals surface area contributed by atoms with Gasteiger partial charge >= 0.3 is 0 Å². The molecule has 6 heteroatoms. The van der Waals surface area contributed by atoms with Gasteiger partial charge in [0.25, 0.3) is 0 Å². The maximum atomic E-state index is 12.4. The number of rotatable bonds is 5. The van der Waals surface area contributed by atoms with E-state index in [9.17, 15) is 9.59 Å². The van der Waals surface area contributed by atoms with Crippen LogP contribution in [0.25, 0.3) is 0 Å². The van der Waals surface area contributed by atoms with Crippen LogP contribution in [0.15, 0.2) is 18.7 Å². The van der Waals surface area contributed by atoms with Crippen molar-refractivity contribution >= 4 is 11.8 Å². The fourth-order valence-corrected chi connectivity index (χ4v) is 4.00. The summed E-state index contributed by atoms with van der Waals surface area (Å²) in [4.78, 5) is 34.7. The molecule has 24 heavy (non-hydrogen) atoms. The summed E-state index contributed by atoms with van der Waals surface area (Å²) in [5, 5.41) is 3.16. The summed E-state index contributed by atoms with van der Waals surface area (Å²) in [6, 6.07) is 0.405. The molecule has 1 aliphatic heterocycles. The number of aromatic nitrogens is 2. The molecule has 1 N–H and O–H groups in total. The highest BCUT2D eigenvalue weighted by molar-refractivity contribution is 5.84. The molecule has 2 aliphatic carbocycles. The fraction of sp³-hybridized carbons (Fsp3) is 0.667. The van der Waals surface area contributed by atoms with Crippen LogP contribution >= 0.6 is 0 Å². The van der Waals surface area contributed by atoms with E-state index in [0.29, 0.717) is 18.9 Å². The maximum Gasteiger partial charge on any atom is 0.223 e. The minimum absolute atomic E-state index is 0.0688. The normalized spacial score (nSPS) is 28.7. The number of nitrogens with zero attached hydrogens (tertiary/aromatic N) is 3. The lowest BCUT2D eigenvalue weighted by Gasteiger charge is -2.26. The number of likely N-dealkylation sites (tertiary alicyclic amines) is 1. The summed E-state index contributed by atoms with van der Waals surface area (Å²) < 4.78 is 0. The largest absolute Gasteiger partial charge is 0.353 e. The highest BCUT2D eigenvalue weighted by atomic mass is 16.2. The van der Waals surface area contributed by atoms with Gasteiger partial charge in [-0.15, -0.1) is 0 Å². The zero-order valence-electron chi connectivity index (χ0n) is 13.9. The second-order valence-corrected chi connectivity index (χ2v) is 7.57. The molecule has 0 aromatic carbocycles. The first-order chi connectivity index (χ1) is 11.7. The van der Waals surface area contributed by atoms with Gasteiger partial charge in [-0.2, -0.15) is 0 Å². The molecule has 1 spiro atoms. The van der Waals surface area contributed by atoms with Gasteiger partial charge in [0.2, 0.25) is 11.8 Å². The summed E-state index contributed by atoms with van der Waals surface area (Å²) in [5.74, 6) is 0.523. The molecule has 1 aromatic rings. The quantitative estimate of drug-likeness (QED) is 0.884. The van der Waals surface area contributed by atoms with E-state index in [1.54, 1.807) is 12.4 Å². The minimum Gasteiger partial charge on any atom is -0.353 e. The molecule has 0 bridgehead atoms. The van der Waals surface area contributed by atoms with E-state index in [2.05, 4.69) is 15.3 Å². The number of carbonyl (C=O) groups excluding carboxylic acids is 2. The Morgan fingerprint density at radius 3 is 2.79 bits per heavy atom. The highest BCUT2D eigenvalue weighted by Gasteiger charge is 2.61. The SMILES string of the molecule is O=C(NC1CCC1)[C@@H]1C[C@]12CCN(C(=O)CCc1cncnc1)C2. The van der Waals surface area contributed by atoms with Gasteiger partial charge in [0.05, 0.1) is 0 Å². The lowest BCUT2D eigenvalue weighted by molar-refractivity contribution is -0.130. The molecular formula is C18H24N4O2. The van der Waals surface area contributed by atoms with E-state index in [0.717, 1.165) is 44.3 Å². The van der Waals surface area contributed by atoms with Crippen LogP contribution in [0, 0.1) is 11.3 Å². The van der Waals surface area contributed by atoms with Crippen molar-refractivity contribution < 1.29 is 9.59 Å². The lowest BCUT2D eigenvalue weighted by atomic mass is 9.92. The third-order valence-electron chi connectivity index (χ3n) is 5.94. The summed E-state index contributed by atoms with van der Waals surface area (Å²) in [6.45, 7) is 1.54. The average Bonchev–Trinajstić information content (AvgIpc) is 3.10. The topological polar surface area (TPSA) is 75.2 Å². The van der Waals surface area contributed by atoms with Crippen LogP contribution in [0.1, 0.15) is 44.1 Å². The highest BCUT2D eigenvalue weighted by Crippen LogP contribution is 2.58. The molecule has 1 saturated heterocycles. The average molecular weight is 328 g/mol. The van der Waals surface area contributed by atoms with Crippen LogP contribution in [0.4, 0.5) is 0 Å². The van der Waals surface area contributed by atoms with Crippen molar-refractivity contribution in [1.29, 1.82) is 0 Å². The van der Waals surface area contributed by atoms with E-state index in [1.807, 2.05) is 4.90 Å². The molecular weight excluding hydrogens is 304 g/mol. The Bertz CT molecular complexity index is 631. The molecule has 1 aromatic heterocycles. The zero-order valence-corrected chi connectivity index (χ0v) is 13.9. The van der Waals surface area contributed by atoms with Crippen LogP contribution in [0.5, 0.6) is 0 Å². The molecule has 2 saturated carbocycles. The number of aryl methyl sites for hydroxylation is 1. The van der Waals surface area contributed by atoms with Crippen molar-refractivity contribution in [3.05, 3.63) is 24.3 Å². The first-order valence-corrected chi connectivity index (χ1v) is 8.98. The van der Waals surface area contributed by atoms with Crippen LogP contribution in [0.2, 0.25) is 0 Å². The van der Waals surface area contributed by atoms with Gasteiger partial charge in [-0.05, 0) is 44.1 Å². The predicted octanol–water partition coefficient (Wildman–Crippen LogP) is 1.32. The number of amides is 2. The second kappa shape index (κ2) is 6.15. The van der Waals surface area contributed by atoms with E-state index in [1.165, 1.54) is 12.7 Å². The van der Waals surface area contributed by atoms with Crippen molar-refractivity contribution in [2.75, 3.05) is 13.1 Å². The van der Waals surface area contributed by atoms with Gasteiger partial charge < -0.3 is 10.2 Å². The van der Waals surface area contributed by atoms with Crippen molar-refractivity contribution in [3.8, 4) is 0 Å². The summed E-state index contributed by atoms with van der Waals surface area (Å²) >= 11 is 0. The Labute approximate surface area is 142 Å². The number of nitrogens with one attached hydrogen (secondary N) is 1. The summed E-state index contributed by atoms with van der Waals surface area (Å²) in [7, 11) is 0. The van der Waals surface area contributed by atoms with Crippen LogP contribution in [-0.2, 0) is 16.0 Å². The van der Waals surface area contributed by atoms with Gasteiger partial charge in [-0.25, -0.2) is 9.97 Å². The van der Waals surface area contributed by atoms with Gasteiger partial charge in [-0.3, -0.25) is 9.59 Å². The third kappa shape index (κ3) is 3.01. The van der Waals surface area contributed by atoms with Crippen LogP contribution in [-0.4, -0.2) is 45.8 Å². The molecule has 3 fully saturated rings. The van der Waals surface area contributed by atoms with Gasteiger partial charge in [-0.1, -0.05) is 0 Å². The first kappa shape index (κ1) is 15.5. The molecule has 2 amide bonds. The van der Waals surface area contributed by atoms with Crippen LogP contribution in [0.3, 0.4) is 0 Å². The first-order valence-electron chi connectivity index (χ1n) is 8.98. The molecule has 3 aliphatic rings. The smallest absolute Gasteiger partial charge is 0.223 e. The maximum absolute atomic E-state index is 12.4. The van der Waals surface area contributed by atoms with E-state index in [4.69, 9.17) is 0 Å². The van der Waals surface area contributed by atoms with Crippen molar-refractivity contribution in [2.24, 2.45) is 11.3 Å². The van der Waals surface area contributed by atoms with Crippen molar-refractivity contribution in [1.82, 2.24) is 20.2 Å². The number of hydrogen-bond acceptors (Lipinski definition) is 4. The van der Waals surface area contributed by atoms with Gasteiger partial charge in [0, 0.05) is 49.3 Å². The third-order valence-corrected chi connectivity index (χ3v) is 5.94. The van der Waals surface area contributed by atoms with Crippen molar-refractivity contribution in [2.45, 2.75) is 51.0 Å². The number of carbonyl (C=O) groups is 2. The summed E-state index contributed by atoms with van der Waals surface area (Å²) in [6.07, 6.45) is 11.6. The molecule has 0 unspecified atom stereocenters. The minimum atomic E-state index is 0.0688. The molecule has 4 rings (SSSR count). The van der Waals surface area contributed by atoms with Crippen molar-refractivity contribution in [3.63, 3.8) is 0 Å². The number of hydrogen-bond donors (Lipinski definition) is 1. The molecule has 2 heterocycles. The Morgan fingerprint density at radius 2 is 2.08 bits per heavy atom. The van der Waals surface area contributed by atoms with Gasteiger partial charge in [0.1, 0.15) is 6.33 Å². The molecule has 0 radical (unpaired) electrons. The van der Waals surface area contributed by atoms with Crippen LogP contribution < -0.4 is 5.32 Å². The van der Waals surface area contributed by atoms with E-state index < -0.39 is 0 Å². The Morgan fingerprint density at radius 1 is 1.29 bits per heavy atom. The Hall–Kier alpha value is -1.98. The Kier molecular flexibility index (Phi) is 3.98. The standard InChI is InChI=1S/C18H24N4O2/c23-16(5-4-13-9-19-12-20-10-13)22-7-6-18(11-22)8-15(18)17(24)21-14-2-1-3-14/h9-10,12,14-15H,1-8,11H2,(H,21,24)/t15-,18-/m0/s1. The summed E-state index contributed by atoms with van der Waals surface area (Å²) in [5.41, 5.74) is 1.06. The molecule has 2 atom stereocenters. The fourth-order valence-electron chi connectivity index (χ4n) is 4.00.